The molecular weight excluding hydrogens is 250 g/mol. The average molecular weight is 267 g/mol. The minimum absolute atomic E-state index is 0.0146. The van der Waals surface area contributed by atoms with Crippen LogP contribution in [0.15, 0.2) is 36.4 Å². The molecule has 1 heterocycles. The van der Waals surface area contributed by atoms with Gasteiger partial charge >= 0.3 is 0 Å². The van der Waals surface area contributed by atoms with Crippen molar-refractivity contribution in [2.45, 2.75) is 31.3 Å². The quantitative estimate of drug-likeness (QED) is 0.643. The van der Waals surface area contributed by atoms with Crippen molar-refractivity contribution < 1.29 is 10.2 Å². The maximum Gasteiger partial charge on any atom is 0.157 e. The number of aryl methyl sites for hydroxylation is 1. The molecule has 1 unspecified atom stereocenters. The lowest BCUT2D eigenvalue weighted by molar-refractivity contribution is 0.380. The summed E-state index contributed by atoms with van der Waals surface area (Å²) in [4.78, 5) is 0. The Labute approximate surface area is 117 Å². The lowest BCUT2D eigenvalue weighted by Crippen LogP contribution is -2.42. The molecule has 0 bridgehead atoms. The molecule has 102 valence electrons. The van der Waals surface area contributed by atoms with Crippen molar-refractivity contribution in [3.63, 3.8) is 0 Å². The first-order chi connectivity index (χ1) is 9.74. The molecule has 1 aliphatic carbocycles. The summed E-state index contributed by atoms with van der Waals surface area (Å²) in [5.74, 6) is 0.238. The molecule has 2 atom stereocenters. The van der Waals surface area contributed by atoms with Crippen molar-refractivity contribution in [1.82, 2.24) is 5.32 Å². The molecule has 0 saturated carbocycles. The van der Waals surface area contributed by atoms with Crippen LogP contribution in [-0.2, 0) is 13.0 Å². The van der Waals surface area contributed by atoms with Gasteiger partial charge in [-0.25, -0.2) is 0 Å². The van der Waals surface area contributed by atoms with Gasteiger partial charge in [0, 0.05) is 18.5 Å². The first kappa shape index (κ1) is 11.8. The summed E-state index contributed by atoms with van der Waals surface area (Å²) in [5, 5.41) is 23.2. The van der Waals surface area contributed by atoms with E-state index in [0.717, 1.165) is 30.5 Å². The summed E-state index contributed by atoms with van der Waals surface area (Å²) in [5.41, 5.74) is 4.98. The van der Waals surface area contributed by atoms with Crippen LogP contribution in [0.2, 0.25) is 0 Å². The third kappa shape index (κ3) is 1.63. The second-order valence-electron chi connectivity index (χ2n) is 5.74. The van der Waals surface area contributed by atoms with Gasteiger partial charge in [0.2, 0.25) is 0 Å². The van der Waals surface area contributed by atoms with E-state index in [1.54, 1.807) is 12.1 Å². The molecule has 0 amide bonds. The smallest absolute Gasteiger partial charge is 0.157 e. The molecule has 2 aromatic carbocycles. The molecule has 4 rings (SSSR count). The van der Waals surface area contributed by atoms with Crippen LogP contribution in [0.3, 0.4) is 0 Å². The Hall–Kier alpha value is -2.00. The fourth-order valence-corrected chi connectivity index (χ4v) is 3.68. The van der Waals surface area contributed by atoms with Crippen molar-refractivity contribution in [2.75, 3.05) is 0 Å². The summed E-state index contributed by atoms with van der Waals surface area (Å²) < 4.78 is 0. The summed E-state index contributed by atoms with van der Waals surface area (Å²) in [6.45, 7) is 0.913. The van der Waals surface area contributed by atoms with Gasteiger partial charge in [0.1, 0.15) is 0 Å². The van der Waals surface area contributed by atoms with Crippen molar-refractivity contribution in [1.29, 1.82) is 0 Å². The number of fused-ring (bicyclic) bond motifs is 5. The van der Waals surface area contributed by atoms with Gasteiger partial charge in [0.25, 0.3) is 0 Å². The van der Waals surface area contributed by atoms with Crippen LogP contribution < -0.4 is 5.32 Å². The Morgan fingerprint density at radius 2 is 1.75 bits per heavy atom. The minimum atomic E-state index is -0.0209. The zero-order valence-electron chi connectivity index (χ0n) is 11.1. The molecule has 20 heavy (non-hydrogen) atoms. The van der Waals surface area contributed by atoms with Gasteiger partial charge in [-0.05, 0) is 47.2 Å². The maximum absolute atomic E-state index is 9.84. The van der Waals surface area contributed by atoms with Gasteiger partial charge < -0.3 is 15.5 Å². The fraction of sp³-hybridized carbons (Fsp3) is 0.294. The van der Waals surface area contributed by atoms with Gasteiger partial charge in [-0.3, -0.25) is 0 Å². The number of phenolic OH excluding ortho intramolecular Hbond substituents is 2. The SMILES string of the molecule is Oc1cc2c(cc1O)C1c3ccccc3CN[C@@H]1CC2. The molecule has 0 aromatic heterocycles. The first-order valence-corrected chi connectivity index (χ1v) is 7.10. The van der Waals surface area contributed by atoms with Gasteiger partial charge in [-0.1, -0.05) is 24.3 Å². The normalized spacial score (nSPS) is 23.6. The number of nitrogens with one attached hydrogen (secondary N) is 1. The van der Waals surface area contributed by atoms with E-state index < -0.39 is 0 Å². The average Bonchev–Trinajstić information content (AvgIpc) is 2.48. The van der Waals surface area contributed by atoms with Crippen LogP contribution in [0.5, 0.6) is 11.5 Å². The summed E-state index contributed by atoms with van der Waals surface area (Å²) in [6.07, 6.45) is 2.01. The van der Waals surface area contributed by atoms with E-state index in [-0.39, 0.29) is 17.4 Å². The zero-order chi connectivity index (χ0) is 13.7. The molecule has 0 saturated heterocycles. The Bertz CT molecular complexity index is 681. The predicted octanol–water partition coefficient (Wildman–Crippen LogP) is 2.65. The standard InChI is InChI=1S/C17H17NO2/c19-15-7-10-5-6-14-17(13(10)8-16(15)20)12-4-2-1-3-11(12)9-18-14/h1-4,7-8,14,17-20H,5-6,9H2/t14-,17?/m1/s1. The molecule has 3 N–H and O–H groups in total. The number of rotatable bonds is 0. The molecule has 3 heteroatoms. The van der Waals surface area contributed by atoms with Crippen LogP contribution in [0.4, 0.5) is 0 Å². The zero-order valence-corrected chi connectivity index (χ0v) is 11.1. The van der Waals surface area contributed by atoms with E-state index in [2.05, 4.69) is 29.6 Å². The van der Waals surface area contributed by atoms with E-state index in [1.165, 1.54) is 11.1 Å². The molecule has 1 aliphatic heterocycles. The highest BCUT2D eigenvalue weighted by atomic mass is 16.3. The molecule has 3 nitrogen and oxygen atoms in total. The highest BCUT2D eigenvalue weighted by Gasteiger charge is 2.35. The second-order valence-corrected chi connectivity index (χ2v) is 5.74. The van der Waals surface area contributed by atoms with Gasteiger partial charge in [-0.2, -0.15) is 0 Å². The highest BCUT2D eigenvalue weighted by molar-refractivity contribution is 5.53. The molecule has 0 radical (unpaired) electrons. The highest BCUT2D eigenvalue weighted by Crippen LogP contribution is 2.43. The fourth-order valence-electron chi connectivity index (χ4n) is 3.68. The van der Waals surface area contributed by atoms with Gasteiger partial charge in [-0.15, -0.1) is 0 Å². The van der Waals surface area contributed by atoms with Crippen LogP contribution in [0.1, 0.15) is 34.6 Å². The molecule has 2 aromatic rings. The van der Waals surface area contributed by atoms with Crippen LogP contribution in [-0.4, -0.2) is 16.3 Å². The third-order valence-electron chi connectivity index (χ3n) is 4.64. The molecule has 2 aliphatic rings. The van der Waals surface area contributed by atoms with E-state index in [4.69, 9.17) is 0 Å². The van der Waals surface area contributed by atoms with Crippen molar-refractivity contribution in [3.05, 3.63) is 58.7 Å². The van der Waals surface area contributed by atoms with E-state index >= 15 is 0 Å². The van der Waals surface area contributed by atoms with Crippen molar-refractivity contribution in [3.8, 4) is 11.5 Å². The number of phenols is 2. The van der Waals surface area contributed by atoms with Crippen molar-refractivity contribution >= 4 is 0 Å². The third-order valence-corrected chi connectivity index (χ3v) is 4.64. The van der Waals surface area contributed by atoms with Crippen LogP contribution in [0.25, 0.3) is 0 Å². The van der Waals surface area contributed by atoms with Crippen molar-refractivity contribution in [2.24, 2.45) is 0 Å². The Kier molecular flexibility index (Phi) is 2.51. The number of aromatic hydroxyl groups is 2. The van der Waals surface area contributed by atoms with E-state index in [9.17, 15) is 10.2 Å². The lowest BCUT2D eigenvalue weighted by atomic mass is 9.72. The van der Waals surface area contributed by atoms with E-state index in [1.807, 2.05) is 0 Å². The Morgan fingerprint density at radius 3 is 2.65 bits per heavy atom. The lowest BCUT2D eigenvalue weighted by Gasteiger charge is -2.39. The summed E-state index contributed by atoms with van der Waals surface area (Å²) >= 11 is 0. The Morgan fingerprint density at radius 1 is 0.950 bits per heavy atom. The molecule has 0 spiro atoms. The number of hydrogen-bond acceptors (Lipinski definition) is 3. The van der Waals surface area contributed by atoms with Gasteiger partial charge in [0.05, 0.1) is 0 Å². The number of hydrogen-bond donors (Lipinski definition) is 3. The largest absolute Gasteiger partial charge is 0.504 e. The monoisotopic (exact) mass is 267 g/mol. The Balaban J connectivity index is 1.92. The summed E-state index contributed by atoms with van der Waals surface area (Å²) in [6, 6.07) is 12.4. The van der Waals surface area contributed by atoms with Crippen LogP contribution >= 0.6 is 0 Å². The number of benzene rings is 2. The maximum atomic E-state index is 9.84. The molecule has 0 fully saturated rings. The van der Waals surface area contributed by atoms with Gasteiger partial charge in [0.15, 0.2) is 11.5 Å². The molecular formula is C17H17NO2. The second kappa shape index (κ2) is 4.25. The predicted molar refractivity (Wildman–Crippen MR) is 77.0 cm³/mol. The minimum Gasteiger partial charge on any atom is -0.504 e. The van der Waals surface area contributed by atoms with Crippen LogP contribution in [0, 0.1) is 0 Å². The summed E-state index contributed by atoms with van der Waals surface area (Å²) in [7, 11) is 0. The topological polar surface area (TPSA) is 52.5 Å². The first-order valence-electron chi connectivity index (χ1n) is 7.10. The van der Waals surface area contributed by atoms with E-state index in [0.29, 0.717) is 6.04 Å².